The van der Waals surface area contributed by atoms with Crippen LogP contribution in [0.5, 0.6) is 5.75 Å². The van der Waals surface area contributed by atoms with Gasteiger partial charge in [-0.1, -0.05) is 0 Å². The van der Waals surface area contributed by atoms with Gasteiger partial charge >= 0.3 is 15.9 Å². The Balaban J connectivity index is 0.995. The molecule has 3 aliphatic rings. The van der Waals surface area contributed by atoms with E-state index in [0.717, 1.165) is 0 Å². The first-order chi connectivity index (χ1) is 23.3. The van der Waals surface area contributed by atoms with Gasteiger partial charge in [-0.3, -0.25) is 33.6 Å². The molecule has 0 aliphatic carbocycles. The number of phenols is 1. The smallest absolute Gasteiger partial charge is 0.330 e. The summed E-state index contributed by atoms with van der Waals surface area (Å²) in [6.07, 6.45) is 1.99. The Morgan fingerprint density at radius 2 is 1.82 bits per heavy atom. The van der Waals surface area contributed by atoms with E-state index < -0.39 is 57.6 Å². The highest BCUT2D eigenvalue weighted by Gasteiger charge is 2.38. The van der Waals surface area contributed by atoms with Crippen LogP contribution in [0.4, 0.5) is 21.6 Å². The number of phenolic OH excluding ortho intramolecular Hbond substituents is 1. The Morgan fingerprint density at radius 3 is 2.51 bits per heavy atom. The number of rotatable bonds is 6. The molecule has 2 aromatic carbocycles. The molecule has 0 saturated carbocycles. The molecule has 5 heterocycles. The van der Waals surface area contributed by atoms with Crippen LogP contribution >= 0.6 is 0 Å². The summed E-state index contributed by atoms with van der Waals surface area (Å²) in [6, 6.07) is 8.21. The second kappa shape index (κ2) is 11.9. The summed E-state index contributed by atoms with van der Waals surface area (Å²) in [4.78, 5) is 68.5. The van der Waals surface area contributed by atoms with E-state index >= 15 is 4.39 Å². The van der Waals surface area contributed by atoms with Crippen molar-refractivity contribution in [3.63, 3.8) is 0 Å². The highest BCUT2D eigenvalue weighted by atomic mass is 32.2. The molecule has 3 fully saturated rings. The van der Waals surface area contributed by atoms with E-state index in [-0.39, 0.29) is 47.8 Å². The lowest BCUT2D eigenvalue weighted by atomic mass is 9.93. The number of halogens is 1. The number of carbonyl (C=O) groups excluding carboxylic acids is 4. The van der Waals surface area contributed by atoms with Crippen molar-refractivity contribution in [3.8, 4) is 5.75 Å². The van der Waals surface area contributed by atoms with Gasteiger partial charge in [-0.2, -0.15) is 8.42 Å². The van der Waals surface area contributed by atoms with Crippen LogP contribution in [0.3, 0.4) is 0 Å². The van der Waals surface area contributed by atoms with Crippen LogP contribution in [0.15, 0.2) is 41.2 Å². The first kappa shape index (κ1) is 32.0. The lowest BCUT2D eigenvalue weighted by molar-refractivity contribution is -0.135. The molecule has 4 N–H and O–H groups in total. The van der Waals surface area contributed by atoms with Crippen molar-refractivity contribution in [3.05, 3.63) is 52.7 Å². The van der Waals surface area contributed by atoms with Crippen LogP contribution in [0, 0.1) is 11.7 Å². The maximum atomic E-state index is 15.4. The molecule has 3 saturated heterocycles. The second-order valence-corrected chi connectivity index (χ2v) is 14.0. The molecule has 4 aromatic rings. The minimum absolute atomic E-state index is 0.00729. The van der Waals surface area contributed by atoms with E-state index in [9.17, 15) is 37.5 Å². The highest BCUT2D eigenvalue weighted by Crippen LogP contribution is 2.39. The van der Waals surface area contributed by atoms with Crippen molar-refractivity contribution < 1.29 is 37.1 Å². The Morgan fingerprint density at radius 1 is 1.06 bits per heavy atom. The number of benzene rings is 2. The molecule has 1 unspecified atom stereocenters. The van der Waals surface area contributed by atoms with E-state index in [1.54, 1.807) is 23.9 Å². The minimum Gasteiger partial charge on any atom is -0.506 e. The molecule has 0 bridgehead atoms. The third-order valence-electron chi connectivity index (χ3n) is 9.23. The zero-order chi connectivity index (χ0) is 34.8. The number of imide groups is 1. The summed E-state index contributed by atoms with van der Waals surface area (Å²) in [7, 11) is -2.76. The maximum Gasteiger partial charge on any atom is 0.330 e. The number of carbonyl (C=O) groups is 4. The number of aromatic hydroxyl groups is 1. The second-order valence-electron chi connectivity index (χ2n) is 12.4. The fourth-order valence-electron chi connectivity index (χ4n) is 6.77. The normalized spacial score (nSPS) is 19.8. The largest absolute Gasteiger partial charge is 0.506 e. The van der Waals surface area contributed by atoms with Gasteiger partial charge < -0.3 is 15.3 Å². The Bertz CT molecular complexity index is 2260. The van der Waals surface area contributed by atoms with Gasteiger partial charge in [0.2, 0.25) is 17.7 Å². The van der Waals surface area contributed by atoms with Gasteiger partial charge in [0.1, 0.15) is 29.8 Å². The fraction of sp³-hybridized carbons (Fsp3) is 0.355. The van der Waals surface area contributed by atoms with Gasteiger partial charge in [-0.15, -0.1) is 0 Å². The van der Waals surface area contributed by atoms with Gasteiger partial charge in [0, 0.05) is 44.1 Å². The summed E-state index contributed by atoms with van der Waals surface area (Å²) >= 11 is 0. The molecule has 3 aliphatic heterocycles. The number of pyridine rings is 1. The van der Waals surface area contributed by atoms with Crippen LogP contribution in [-0.4, -0.2) is 70.9 Å². The van der Waals surface area contributed by atoms with Gasteiger partial charge in [0.05, 0.1) is 5.52 Å². The molecule has 4 amide bonds. The number of hydrogen-bond acceptors (Lipinski definition) is 10. The van der Waals surface area contributed by atoms with Gasteiger partial charge in [0.25, 0.3) is 5.91 Å². The van der Waals surface area contributed by atoms with E-state index in [4.69, 9.17) is 4.98 Å². The van der Waals surface area contributed by atoms with Crippen molar-refractivity contribution in [1.82, 2.24) is 24.2 Å². The number of aromatic nitrogens is 3. The van der Waals surface area contributed by atoms with Crippen LogP contribution in [0.2, 0.25) is 0 Å². The molecule has 0 spiro atoms. The summed E-state index contributed by atoms with van der Waals surface area (Å²) in [5, 5.41) is 15.8. The first-order valence-electron chi connectivity index (χ1n) is 15.6. The van der Waals surface area contributed by atoms with Gasteiger partial charge in [0.15, 0.2) is 11.5 Å². The molecular weight excluding hydrogens is 663 g/mol. The van der Waals surface area contributed by atoms with Gasteiger partial charge in [-0.05, 0) is 67.0 Å². The van der Waals surface area contributed by atoms with E-state index in [0.29, 0.717) is 52.9 Å². The average Bonchev–Trinajstić information content (AvgIpc) is 3.46. The fourth-order valence-corrected chi connectivity index (χ4v) is 7.93. The van der Waals surface area contributed by atoms with Crippen LogP contribution in [0.25, 0.3) is 21.9 Å². The Labute approximate surface area is 277 Å². The molecule has 7 rings (SSSR count). The number of fused-ring (bicyclic) bond motifs is 2. The monoisotopic (exact) mass is 694 g/mol. The van der Waals surface area contributed by atoms with Crippen molar-refractivity contribution in [1.29, 1.82) is 0 Å². The van der Waals surface area contributed by atoms with Crippen LogP contribution in [-0.2, 0) is 36.4 Å². The van der Waals surface area contributed by atoms with E-state index in [1.807, 2.05) is 0 Å². The van der Waals surface area contributed by atoms with Crippen molar-refractivity contribution in [2.45, 2.75) is 38.1 Å². The van der Waals surface area contributed by atoms with E-state index in [1.165, 1.54) is 33.4 Å². The van der Waals surface area contributed by atoms with Crippen LogP contribution < -0.4 is 30.3 Å². The average molecular weight is 695 g/mol. The quantitative estimate of drug-likeness (QED) is 0.212. The predicted octanol–water partition coefficient (Wildman–Crippen LogP) is 1.14. The SMILES string of the molecule is Cn1c(=O)n(C2CCC(=O)NC2=O)c2ccc(N3CCC(CC(=O)Nc4ccc5c(F)c(N6CC(=O)NS6(=O)=O)c(O)cc5c4)CC3)nc21. The number of hydrogen-bond donors (Lipinski definition) is 4. The predicted molar refractivity (Wildman–Crippen MR) is 175 cm³/mol. The number of piperidine rings is 2. The molecule has 1 atom stereocenters. The van der Waals surface area contributed by atoms with Crippen LogP contribution in [0.1, 0.15) is 38.1 Å². The lowest BCUT2D eigenvalue weighted by Crippen LogP contribution is -2.44. The maximum absolute atomic E-state index is 15.4. The number of aryl methyl sites for hydroxylation is 1. The minimum atomic E-state index is -4.34. The van der Waals surface area contributed by atoms with E-state index in [2.05, 4.69) is 15.5 Å². The molecule has 0 radical (unpaired) electrons. The summed E-state index contributed by atoms with van der Waals surface area (Å²) in [5.74, 6) is -2.96. The molecule has 2 aromatic heterocycles. The third kappa shape index (κ3) is 5.70. The molecule has 16 nitrogen and oxygen atoms in total. The summed E-state index contributed by atoms with van der Waals surface area (Å²) in [5.41, 5.74) is 0.238. The standard InChI is InChI=1S/C31H31FN8O8S/c1-37-29-20(40(31(37)46)21-5-7-24(42)35-30(21)45)4-6-23(34-29)38-10-8-16(9-11-38)12-25(43)33-18-2-3-19-17(13-18)14-22(41)28(27(19)32)39-15-26(44)36-49(39,47)48/h2-4,6,13-14,16,21,41H,5,7-12,15H2,1H3,(H,33,43)(H,36,44)(H,35,42,45). The summed E-state index contributed by atoms with van der Waals surface area (Å²) < 4.78 is 44.8. The first-order valence-corrected chi connectivity index (χ1v) is 17.0. The Kier molecular flexibility index (Phi) is 7.76. The summed E-state index contributed by atoms with van der Waals surface area (Å²) in [6.45, 7) is 0.560. The van der Waals surface area contributed by atoms with Crippen molar-refractivity contribution >= 4 is 73.0 Å². The lowest BCUT2D eigenvalue weighted by Gasteiger charge is -2.32. The zero-order valence-electron chi connectivity index (χ0n) is 26.1. The third-order valence-corrected chi connectivity index (χ3v) is 10.6. The number of nitrogens with one attached hydrogen (secondary N) is 3. The molecule has 49 heavy (non-hydrogen) atoms. The number of amides is 4. The topological polar surface area (TPSA) is 205 Å². The van der Waals surface area contributed by atoms with Crippen molar-refractivity contribution in [2.75, 3.05) is 34.2 Å². The van der Waals surface area contributed by atoms with Gasteiger partial charge in [-0.25, -0.2) is 23.2 Å². The number of nitrogens with zero attached hydrogens (tertiary/aromatic N) is 5. The highest BCUT2D eigenvalue weighted by molar-refractivity contribution is 7.92. The zero-order valence-corrected chi connectivity index (χ0v) is 26.9. The van der Waals surface area contributed by atoms with Crippen molar-refractivity contribution in [2.24, 2.45) is 13.0 Å². The number of imidazole rings is 1. The molecular formula is C31H31FN8O8S. The molecule has 18 heteroatoms. The Hall–Kier alpha value is -5.52. The molecule has 256 valence electrons. The number of anilines is 3.